The van der Waals surface area contributed by atoms with Gasteiger partial charge in [0.25, 0.3) is 0 Å². The molecule has 0 amide bonds. The molecule has 0 aliphatic rings. The topological polar surface area (TPSA) is 63.6 Å². The molecular formula is C13H19BrO4S. The molecule has 1 rings (SSSR count). The molecule has 0 aliphatic carbocycles. The molecule has 1 aromatic carbocycles. The predicted octanol–water partition coefficient (Wildman–Crippen LogP) is 2.66. The van der Waals surface area contributed by atoms with E-state index in [9.17, 15) is 13.5 Å². The van der Waals surface area contributed by atoms with E-state index in [1.54, 1.807) is 45.2 Å². The summed E-state index contributed by atoms with van der Waals surface area (Å²) in [6, 6.07) is 6.72. The van der Waals surface area contributed by atoms with Gasteiger partial charge in [0.05, 0.1) is 7.11 Å². The van der Waals surface area contributed by atoms with Crippen LogP contribution in [0.3, 0.4) is 0 Å². The quantitative estimate of drug-likeness (QED) is 0.801. The van der Waals surface area contributed by atoms with Crippen molar-refractivity contribution in [2.75, 3.05) is 12.9 Å². The summed E-state index contributed by atoms with van der Waals surface area (Å²) in [5.41, 5.74) is 0.538. The van der Waals surface area contributed by atoms with Gasteiger partial charge < -0.3 is 9.84 Å². The van der Waals surface area contributed by atoms with E-state index in [0.717, 1.165) is 0 Å². The van der Waals surface area contributed by atoms with Crippen LogP contribution in [0.15, 0.2) is 24.3 Å². The zero-order valence-corrected chi connectivity index (χ0v) is 13.7. The van der Waals surface area contributed by atoms with E-state index in [1.165, 1.54) is 0 Å². The van der Waals surface area contributed by atoms with Gasteiger partial charge in [0.2, 0.25) is 0 Å². The van der Waals surface area contributed by atoms with Crippen molar-refractivity contribution in [1.29, 1.82) is 0 Å². The molecule has 19 heavy (non-hydrogen) atoms. The van der Waals surface area contributed by atoms with Gasteiger partial charge in [-0.1, -0.05) is 41.9 Å². The van der Waals surface area contributed by atoms with Gasteiger partial charge in [-0.3, -0.25) is 0 Å². The van der Waals surface area contributed by atoms with E-state index in [2.05, 4.69) is 15.9 Å². The van der Waals surface area contributed by atoms with Crippen molar-refractivity contribution in [3.05, 3.63) is 29.8 Å². The third-order valence-electron chi connectivity index (χ3n) is 3.22. The molecule has 0 aromatic heterocycles. The van der Waals surface area contributed by atoms with Gasteiger partial charge in [0, 0.05) is 5.75 Å². The number of ether oxygens (including phenoxy) is 1. The molecule has 0 saturated carbocycles. The molecule has 6 heteroatoms. The maximum atomic E-state index is 12.2. The first-order chi connectivity index (χ1) is 8.82. The van der Waals surface area contributed by atoms with E-state index in [4.69, 9.17) is 4.74 Å². The largest absolute Gasteiger partial charge is 0.497 e. The van der Waals surface area contributed by atoms with Gasteiger partial charge in [-0.05, 0) is 24.1 Å². The fraction of sp³-hybridized carbons (Fsp3) is 0.538. The minimum atomic E-state index is -3.44. The van der Waals surface area contributed by atoms with Crippen molar-refractivity contribution in [3.63, 3.8) is 0 Å². The summed E-state index contributed by atoms with van der Waals surface area (Å²) in [4.78, 5) is 0. The lowest BCUT2D eigenvalue weighted by Crippen LogP contribution is -2.39. The highest BCUT2D eigenvalue weighted by atomic mass is 79.9. The monoisotopic (exact) mass is 350 g/mol. The highest BCUT2D eigenvalue weighted by Crippen LogP contribution is 2.42. The summed E-state index contributed by atoms with van der Waals surface area (Å²) < 4.78 is 28.0. The minimum Gasteiger partial charge on any atom is -0.497 e. The predicted molar refractivity (Wildman–Crippen MR) is 79.4 cm³/mol. The van der Waals surface area contributed by atoms with E-state index >= 15 is 0 Å². The molecule has 0 radical (unpaired) electrons. The molecule has 0 aliphatic heterocycles. The van der Waals surface area contributed by atoms with Crippen molar-refractivity contribution in [1.82, 2.24) is 0 Å². The molecule has 0 bridgehead atoms. The molecule has 0 unspecified atom stereocenters. The van der Waals surface area contributed by atoms with Crippen molar-refractivity contribution in [2.45, 2.75) is 30.0 Å². The number of hydrogen-bond acceptors (Lipinski definition) is 4. The Balaban J connectivity index is 3.17. The second-order valence-corrected chi connectivity index (χ2v) is 8.69. The maximum Gasteiger partial charge on any atom is 0.168 e. The molecule has 0 saturated heterocycles. The molecule has 108 valence electrons. The Morgan fingerprint density at radius 3 is 2.21 bits per heavy atom. The van der Waals surface area contributed by atoms with Crippen LogP contribution in [-0.2, 0) is 9.84 Å². The SMILES string of the molecule is CC[C@@](Br)([C@@H](O)c1ccc(OC)cc1)S(=O)(=O)CC. The fourth-order valence-electron chi connectivity index (χ4n) is 1.86. The Hall–Kier alpha value is -0.590. The van der Waals surface area contributed by atoms with Crippen LogP contribution in [0.4, 0.5) is 0 Å². The lowest BCUT2D eigenvalue weighted by Gasteiger charge is -2.31. The Labute approximate surface area is 122 Å². The fourth-order valence-corrected chi connectivity index (χ4v) is 4.21. The first kappa shape index (κ1) is 16.5. The van der Waals surface area contributed by atoms with Crippen LogP contribution in [0.25, 0.3) is 0 Å². The number of rotatable bonds is 6. The van der Waals surface area contributed by atoms with Gasteiger partial charge in [0.15, 0.2) is 13.5 Å². The first-order valence-electron chi connectivity index (χ1n) is 6.05. The lowest BCUT2D eigenvalue weighted by molar-refractivity contribution is 0.160. The Kier molecular flexibility index (Phi) is 5.41. The number of alkyl halides is 1. The summed E-state index contributed by atoms with van der Waals surface area (Å²) in [6.07, 6.45) is -0.857. The summed E-state index contributed by atoms with van der Waals surface area (Å²) in [7, 11) is -1.89. The van der Waals surface area contributed by atoms with E-state index in [0.29, 0.717) is 11.3 Å². The van der Waals surface area contributed by atoms with E-state index < -0.39 is 19.6 Å². The van der Waals surface area contributed by atoms with Gasteiger partial charge >= 0.3 is 0 Å². The van der Waals surface area contributed by atoms with Gasteiger partial charge in [-0.2, -0.15) is 0 Å². The van der Waals surface area contributed by atoms with Gasteiger partial charge in [-0.15, -0.1) is 0 Å². The zero-order valence-electron chi connectivity index (χ0n) is 11.3. The molecule has 1 N–H and O–H groups in total. The average Bonchev–Trinajstić information content (AvgIpc) is 2.45. The summed E-state index contributed by atoms with van der Waals surface area (Å²) >= 11 is 3.23. The first-order valence-corrected chi connectivity index (χ1v) is 8.50. The lowest BCUT2D eigenvalue weighted by atomic mass is 10.0. The number of hydrogen-bond donors (Lipinski definition) is 1. The average molecular weight is 351 g/mol. The normalized spacial score (nSPS) is 16.7. The van der Waals surface area contributed by atoms with Crippen LogP contribution in [0.5, 0.6) is 5.75 Å². The van der Waals surface area contributed by atoms with Crippen LogP contribution >= 0.6 is 15.9 Å². The molecule has 2 atom stereocenters. The minimum absolute atomic E-state index is 0.0285. The van der Waals surface area contributed by atoms with Crippen LogP contribution in [0, 0.1) is 0 Å². The zero-order chi connectivity index (χ0) is 14.7. The van der Waals surface area contributed by atoms with E-state index in [1.807, 2.05) is 0 Å². The van der Waals surface area contributed by atoms with E-state index in [-0.39, 0.29) is 12.2 Å². The molecule has 0 spiro atoms. The number of benzene rings is 1. The number of halogens is 1. The summed E-state index contributed by atoms with van der Waals surface area (Å²) in [5.74, 6) is 0.630. The van der Waals surface area contributed by atoms with Crippen LogP contribution < -0.4 is 4.74 Å². The van der Waals surface area contributed by atoms with Crippen molar-refractivity contribution >= 4 is 25.8 Å². The second kappa shape index (κ2) is 6.24. The highest BCUT2D eigenvalue weighted by Gasteiger charge is 2.45. The Bertz CT molecular complexity index is 512. The van der Waals surface area contributed by atoms with Crippen LogP contribution in [-0.4, -0.2) is 30.0 Å². The Morgan fingerprint density at radius 1 is 1.32 bits per heavy atom. The molecule has 1 aromatic rings. The van der Waals surface area contributed by atoms with Gasteiger partial charge in [0.1, 0.15) is 11.9 Å². The summed E-state index contributed by atoms with van der Waals surface area (Å²) in [5, 5.41) is 10.4. The maximum absolute atomic E-state index is 12.2. The van der Waals surface area contributed by atoms with Crippen LogP contribution in [0.2, 0.25) is 0 Å². The van der Waals surface area contributed by atoms with Crippen molar-refractivity contribution in [2.24, 2.45) is 0 Å². The number of sulfone groups is 1. The second-order valence-electron chi connectivity index (χ2n) is 4.22. The molecule has 0 heterocycles. The number of aliphatic hydroxyl groups excluding tert-OH is 1. The van der Waals surface area contributed by atoms with Crippen molar-refractivity contribution in [3.8, 4) is 5.75 Å². The Morgan fingerprint density at radius 2 is 1.84 bits per heavy atom. The molecular weight excluding hydrogens is 332 g/mol. The van der Waals surface area contributed by atoms with Crippen molar-refractivity contribution < 1.29 is 18.3 Å². The molecule has 0 fully saturated rings. The smallest absolute Gasteiger partial charge is 0.168 e. The van der Waals surface area contributed by atoms with Crippen LogP contribution in [0.1, 0.15) is 31.9 Å². The highest BCUT2D eigenvalue weighted by molar-refractivity contribution is 9.11. The molecule has 4 nitrogen and oxygen atoms in total. The third kappa shape index (κ3) is 3.12. The third-order valence-corrected chi connectivity index (χ3v) is 8.00. The number of methoxy groups -OCH3 is 1. The summed E-state index contributed by atoms with van der Waals surface area (Å²) in [6.45, 7) is 3.30. The number of aliphatic hydroxyl groups is 1. The van der Waals surface area contributed by atoms with Gasteiger partial charge in [-0.25, -0.2) is 8.42 Å². The standard InChI is InChI=1S/C13H19BrO4S/c1-4-13(14,19(16,17)5-2)12(15)10-6-8-11(18-3)9-7-10/h6-9,12,15H,4-5H2,1-3H3/t12-,13-/m0/s1.